The Bertz CT molecular complexity index is 820. The maximum Gasteiger partial charge on any atom is 0.408 e. The second-order valence-electron chi connectivity index (χ2n) is 10.4. The van der Waals surface area contributed by atoms with Gasteiger partial charge in [0, 0.05) is 12.5 Å². The van der Waals surface area contributed by atoms with E-state index in [-0.39, 0.29) is 24.3 Å². The van der Waals surface area contributed by atoms with E-state index in [1.54, 1.807) is 32.6 Å². The molecule has 9 nitrogen and oxygen atoms in total. The molecule has 0 spiro atoms. The lowest BCUT2D eigenvalue weighted by Crippen LogP contribution is -2.56. The van der Waals surface area contributed by atoms with Gasteiger partial charge in [0.25, 0.3) is 0 Å². The third kappa shape index (κ3) is 6.30. The molecule has 4 unspecified atom stereocenters. The number of hydrogen-bond donors (Lipinski definition) is 2. The number of nitrogens with one attached hydrogen (secondary N) is 2. The van der Waals surface area contributed by atoms with Crippen LogP contribution in [0.25, 0.3) is 0 Å². The van der Waals surface area contributed by atoms with Crippen molar-refractivity contribution in [3.8, 4) is 0 Å². The summed E-state index contributed by atoms with van der Waals surface area (Å²) in [6.45, 7) is 7.71. The van der Waals surface area contributed by atoms with Crippen molar-refractivity contribution in [3.63, 3.8) is 0 Å². The Kier molecular flexibility index (Phi) is 8.25. The SMILES string of the molecule is CCOC(=O)C12CC1/C=C/CCCCCC(NC(=O)OC(C)(C)C)C(=O)N1CCCC1C(=O)N2. The Balaban J connectivity index is 1.81. The van der Waals surface area contributed by atoms with Crippen LogP contribution in [0, 0.1) is 5.92 Å². The summed E-state index contributed by atoms with van der Waals surface area (Å²) in [5.74, 6) is -1.16. The first kappa shape index (κ1) is 26.0. The van der Waals surface area contributed by atoms with E-state index in [9.17, 15) is 19.2 Å². The molecule has 0 aromatic carbocycles. The Morgan fingerprint density at radius 3 is 2.65 bits per heavy atom. The molecule has 3 amide bonds. The van der Waals surface area contributed by atoms with Crippen LogP contribution in [0.5, 0.6) is 0 Å². The molecule has 1 aliphatic carbocycles. The van der Waals surface area contributed by atoms with Gasteiger partial charge in [0.1, 0.15) is 23.2 Å². The molecule has 1 saturated heterocycles. The second-order valence-corrected chi connectivity index (χ2v) is 10.4. The number of ether oxygens (including phenoxy) is 2. The quantitative estimate of drug-likeness (QED) is 0.477. The minimum atomic E-state index is -1.06. The third-order valence-electron chi connectivity index (χ3n) is 6.56. The lowest BCUT2D eigenvalue weighted by molar-refractivity contribution is -0.150. The van der Waals surface area contributed by atoms with Crippen LogP contribution in [0.1, 0.15) is 79.1 Å². The maximum atomic E-state index is 13.5. The summed E-state index contributed by atoms with van der Waals surface area (Å²) < 4.78 is 10.6. The molecule has 0 bridgehead atoms. The highest BCUT2D eigenvalue weighted by Crippen LogP contribution is 2.46. The van der Waals surface area contributed by atoms with Crippen LogP contribution in [0.2, 0.25) is 0 Å². The van der Waals surface area contributed by atoms with Crippen molar-refractivity contribution < 1.29 is 28.7 Å². The molecular formula is C25H39N3O6. The fraction of sp³-hybridized carbons (Fsp3) is 0.760. The van der Waals surface area contributed by atoms with Crippen LogP contribution in [0.3, 0.4) is 0 Å². The van der Waals surface area contributed by atoms with Gasteiger partial charge >= 0.3 is 12.1 Å². The lowest BCUT2D eigenvalue weighted by Gasteiger charge is -2.30. The molecule has 2 fully saturated rings. The highest BCUT2D eigenvalue weighted by atomic mass is 16.6. The fourth-order valence-corrected chi connectivity index (χ4v) is 4.77. The number of allylic oxidation sites excluding steroid dienone is 1. The van der Waals surface area contributed by atoms with Gasteiger partial charge in [0.05, 0.1) is 6.61 Å². The first-order valence-corrected chi connectivity index (χ1v) is 12.5. The number of amides is 3. The predicted molar refractivity (Wildman–Crippen MR) is 126 cm³/mol. The van der Waals surface area contributed by atoms with Crippen LogP contribution < -0.4 is 10.6 Å². The number of rotatable bonds is 3. The van der Waals surface area contributed by atoms with Crippen molar-refractivity contribution in [1.82, 2.24) is 15.5 Å². The van der Waals surface area contributed by atoms with E-state index in [4.69, 9.17) is 9.47 Å². The van der Waals surface area contributed by atoms with Crippen molar-refractivity contribution in [2.75, 3.05) is 13.2 Å². The Hall–Kier alpha value is -2.58. The average Bonchev–Trinajstić information content (AvgIpc) is 3.21. The molecule has 2 heterocycles. The van der Waals surface area contributed by atoms with Gasteiger partial charge in [-0.05, 0) is 66.2 Å². The van der Waals surface area contributed by atoms with Crippen LogP contribution in [-0.4, -0.2) is 65.2 Å². The van der Waals surface area contributed by atoms with Crippen LogP contribution >= 0.6 is 0 Å². The zero-order chi connectivity index (χ0) is 24.9. The summed E-state index contributed by atoms with van der Waals surface area (Å²) in [5, 5.41) is 5.66. The normalized spacial score (nSPS) is 31.2. The standard InChI is InChI=1S/C25H39N3O6/c1-5-33-22(31)25-16-17(25)12-9-7-6-8-10-13-18(26-23(32)34-24(2,3)4)21(30)28-15-11-14-19(28)20(29)27-25/h9,12,17-19H,5-8,10-11,13-16H2,1-4H3,(H,26,32)(H,27,29)/b12-9+. The van der Waals surface area contributed by atoms with E-state index in [2.05, 4.69) is 16.7 Å². The lowest BCUT2D eigenvalue weighted by atomic mass is 10.0. The summed E-state index contributed by atoms with van der Waals surface area (Å²) in [6.07, 6.45) is 9.02. The highest BCUT2D eigenvalue weighted by Gasteiger charge is 2.62. The van der Waals surface area contributed by atoms with E-state index in [1.165, 1.54) is 0 Å². The zero-order valence-electron chi connectivity index (χ0n) is 20.9. The molecule has 190 valence electrons. The summed E-state index contributed by atoms with van der Waals surface area (Å²) in [5.41, 5.74) is -1.74. The van der Waals surface area contributed by atoms with E-state index in [0.29, 0.717) is 32.2 Å². The Morgan fingerprint density at radius 2 is 1.94 bits per heavy atom. The molecule has 0 aromatic rings. The number of alkyl carbamates (subject to hydrolysis) is 1. The average molecular weight is 478 g/mol. The van der Waals surface area contributed by atoms with Crippen molar-refractivity contribution in [1.29, 1.82) is 0 Å². The van der Waals surface area contributed by atoms with E-state index in [0.717, 1.165) is 25.7 Å². The number of carbonyl (C=O) groups is 4. The number of nitrogens with zero attached hydrogens (tertiary/aromatic N) is 1. The first-order valence-electron chi connectivity index (χ1n) is 12.5. The minimum absolute atomic E-state index is 0.104. The third-order valence-corrected chi connectivity index (χ3v) is 6.56. The molecule has 2 N–H and O–H groups in total. The summed E-state index contributed by atoms with van der Waals surface area (Å²) in [4.78, 5) is 53.5. The van der Waals surface area contributed by atoms with Gasteiger partial charge < -0.3 is 25.0 Å². The predicted octanol–water partition coefficient (Wildman–Crippen LogP) is 2.83. The van der Waals surface area contributed by atoms with Crippen molar-refractivity contribution >= 4 is 23.9 Å². The van der Waals surface area contributed by atoms with E-state index in [1.807, 2.05) is 6.08 Å². The van der Waals surface area contributed by atoms with Crippen LogP contribution in [0.15, 0.2) is 12.2 Å². The number of esters is 1. The zero-order valence-corrected chi connectivity index (χ0v) is 20.9. The summed E-state index contributed by atoms with van der Waals surface area (Å²) in [6, 6.07) is -1.45. The summed E-state index contributed by atoms with van der Waals surface area (Å²) >= 11 is 0. The van der Waals surface area contributed by atoms with Gasteiger partial charge in [0.2, 0.25) is 11.8 Å². The number of carbonyl (C=O) groups excluding carboxylic acids is 4. The summed E-state index contributed by atoms with van der Waals surface area (Å²) in [7, 11) is 0. The molecule has 3 aliphatic rings. The molecule has 4 atom stereocenters. The van der Waals surface area contributed by atoms with Crippen molar-refractivity contribution in [2.24, 2.45) is 5.92 Å². The fourth-order valence-electron chi connectivity index (χ4n) is 4.77. The largest absolute Gasteiger partial charge is 0.464 e. The van der Waals surface area contributed by atoms with Gasteiger partial charge in [-0.25, -0.2) is 9.59 Å². The molecule has 2 aliphatic heterocycles. The topological polar surface area (TPSA) is 114 Å². The molecule has 3 rings (SSSR count). The monoisotopic (exact) mass is 477 g/mol. The van der Waals surface area contributed by atoms with Gasteiger partial charge in [-0.2, -0.15) is 0 Å². The second kappa shape index (κ2) is 10.8. The maximum absolute atomic E-state index is 13.5. The smallest absolute Gasteiger partial charge is 0.408 e. The van der Waals surface area contributed by atoms with E-state index < -0.39 is 35.3 Å². The molecule has 34 heavy (non-hydrogen) atoms. The minimum Gasteiger partial charge on any atom is -0.464 e. The molecule has 0 radical (unpaired) electrons. The van der Waals surface area contributed by atoms with Gasteiger partial charge in [0.15, 0.2) is 0 Å². The molecular weight excluding hydrogens is 438 g/mol. The first-order chi connectivity index (χ1) is 16.1. The molecule has 0 aromatic heterocycles. The number of fused-ring (bicyclic) bond motifs is 2. The Morgan fingerprint density at radius 1 is 1.18 bits per heavy atom. The van der Waals surface area contributed by atoms with Crippen LogP contribution in [-0.2, 0) is 23.9 Å². The molecule has 9 heteroatoms. The Labute approximate surface area is 202 Å². The van der Waals surface area contributed by atoms with Crippen LogP contribution in [0.4, 0.5) is 4.79 Å². The van der Waals surface area contributed by atoms with Gasteiger partial charge in [-0.1, -0.05) is 25.0 Å². The van der Waals surface area contributed by atoms with Gasteiger partial charge in [-0.15, -0.1) is 0 Å². The highest BCUT2D eigenvalue weighted by molar-refractivity contribution is 5.96. The number of hydrogen-bond acceptors (Lipinski definition) is 6. The molecule has 1 saturated carbocycles. The van der Waals surface area contributed by atoms with E-state index >= 15 is 0 Å². The van der Waals surface area contributed by atoms with Crippen molar-refractivity contribution in [2.45, 2.75) is 102 Å². The van der Waals surface area contributed by atoms with Gasteiger partial charge in [-0.3, -0.25) is 9.59 Å². The van der Waals surface area contributed by atoms with Crippen molar-refractivity contribution in [3.05, 3.63) is 12.2 Å².